The molecule has 0 amide bonds. The quantitative estimate of drug-likeness (QED) is 0.776. The molecule has 3 nitrogen and oxygen atoms in total. The molecule has 0 saturated carbocycles. The molecule has 0 saturated heterocycles. The number of aromatic nitrogens is 2. The number of hydrogen-bond donors (Lipinski definition) is 1. The summed E-state index contributed by atoms with van der Waals surface area (Å²) in [7, 11) is 0. The van der Waals surface area contributed by atoms with Crippen LogP contribution in [0.1, 0.15) is 27.8 Å². The Hall–Kier alpha value is -2.13. The van der Waals surface area contributed by atoms with Crippen molar-refractivity contribution in [3.05, 3.63) is 58.4 Å². The predicted octanol–water partition coefficient (Wildman–Crippen LogP) is 3.73. The van der Waals surface area contributed by atoms with Gasteiger partial charge in [0.1, 0.15) is 5.65 Å². The van der Waals surface area contributed by atoms with Crippen molar-refractivity contribution in [1.29, 1.82) is 0 Å². The third kappa shape index (κ3) is 2.14. The lowest BCUT2D eigenvalue weighted by Crippen LogP contribution is -1.95. The van der Waals surface area contributed by atoms with Gasteiger partial charge in [0.2, 0.25) is 0 Å². The molecule has 3 aromatic rings. The summed E-state index contributed by atoms with van der Waals surface area (Å²) < 4.78 is 1.98. The maximum absolute atomic E-state index is 9.46. The van der Waals surface area contributed by atoms with E-state index in [4.69, 9.17) is 4.98 Å². The first-order valence-electron chi connectivity index (χ1n) is 7.18. The van der Waals surface area contributed by atoms with Gasteiger partial charge in [0.25, 0.3) is 0 Å². The molecular formula is C18H20N2O. The molecule has 108 valence electrons. The molecule has 0 fully saturated rings. The number of aliphatic hydroxyl groups is 1. The zero-order chi connectivity index (χ0) is 15.1. The fourth-order valence-corrected chi connectivity index (χ4v) is 2.92. The normalized spacial score (nSPS) is 11.3. The van der Waals surface area contributed by atoms with E-state index in [1.807, 2.05) is 28.9 Å². The van der Waals surface area contributed by atoms with Gasteiger partial charge >= 0.3 is 0 Å². The van der Waals surface area contributed by atoms with Crippen LogP contribution < -0.4 is 0 Å². The second kappa shape index (κ2) is 5.01. The molecule has 0 aliphatic carbocycles. The van der Waals surface area contributed by atoms with Gasteiger partial charge in [-0.2, -0.15) is 0 Å². The van der Waals surface area contributed by atoms with Crippen molar-refractivity contribution in [2.75, 3.05) is 0 Å². The second-order valence-electron chi connectivity index (χ2n) is 5.68. The number of fused-ring (bicyclic) bond motifs is 1. The van der Waals surface area contributed by atoms with E-state index in [0.29, 0.717) is 0 Å². The Labute approximate surface area is 124 Å². The van der Waals surface area contributed by atoms with Crippen molar-refractivity contribution in [1.82, 2.24) is 9.38 Å². The molecule has 0 aliphatic heterocycles. The summed E-state index contributed by atoms with van der Waals surface area (Å²) in [6.07, 6.45) is 4.01. The van der Waals surface area contributed by atoms with E-state index in [0.717, 1.165) is 16.9 Å². The summed E-state index contributed by atoms with van der Waals surface area (Å²) in [5.74, 6) is 0. The Bertz CT molecular complexity index is 805. The van der Waals surface area contributed by atoms with E-state index in [-0.39, 0.29) is 6.61 Å². The van der Waals surface area contributed by atoms with Crippen molar-refractivity contribution < 1.29 is 5.11 Å². The molecule has 0 spiro atoms. The fraction of sp³-hybridized carbons (Fsp3) is 0.278. The summed E-state index contributed by atoms with van der Waals surface area (Å²) in [4.78, 5) is 4.76. The molecule has 0 aliphatic rings. The molecule has 21 heavy (non-hydrogen) atoms. The molecule has 3 heteroatoms. The SMILES string of the molecule is Cc1cc(C)c(C)c(-c2cn3cccc(CO)c3n2)c1C. The number of rotatable bonds is 2. The van der Waals surface area contributed by atoms with Gasteiger partial charge in [-0.25, -0.2) is 4.98 Å². The largest absolute Gasteiger partial charge is 0.392 e. The third-order valence-electron chi connectivity index (χ3n) is 4.36. The zero-order valence-corrected chi connectivity index (χ0v) is 12.9. The Morgan fingerprint density at radius 2 is 1.76 bits per heavy atom. The van der Waals surface area contributed by atoms with Crippen LogP contribution in [0.25, 0.3) is 16.9 Å². The maximum atomic E-state index is 9.46. The van der Waals surface area contributed by atoms with Gasteiger partial charge < -0.3 is 9.51 Å². The van der Waals surface area contributed by atoms with Crippen LogP contribution in [-0.2, 0) is 6.61 Å². The highest BCUT2D eigenvalue weighted by Crippen LogP contribution is 2.31. The van der Waals surface area contributed by atoms with Crippen LogP contribution in [0.4, 0.5) is 0 Å². The third-order valence-corrected chi connectivity index (χ3v) is 4.36. The number of hydrogen-bond acceptors (Lipinski definition) is 2. The maximum Gasteiger partial charge on any atom is 0.142 e. The molecule has 2 aromatic heterocycles. The van der Waals surface area contributed by atoms with Crippen molar-refractivity contribution >= 4 is 5.65 Å². The van der Waals surface area contributed by atoms with E-state index >= 15 is 0 Å². The predicted molar refractivity (Wildman–Crippen MR) is 85.5 cm³/mol. The Kier molecular flexibility index (Phi) is 3.30. The lowest BCUT2D eigenvalue weighted by Gasteiger charge is -2.13. The van der Waals surface area contributed by atoms with Gasteiger partial charge in [0.15, 0.2) is 0 Å². The van der Waals surface area contributed by atoms with Gasteiger partial charge in [0, 0.05) is 23.5 Å². The molecule has 2 heterocycles. The number of aryl methyl sites for hydroxylation is 2. The minimum Gasteiger partial charge on any atom is -0.392 e. The number of nitrogens with zero attached hydrogens (tertiary/aromatic N) is 2. The lowest BCUT2D eigenvalue weighted by molar-refractivity contribution is 0.282. The molecule has 0 unspecified atom stereocenters. The highest BCUT2D eigenvalue weighted by Gasteiger charge is 2.14. The lowest BCUT2D eigenvalue weighted by atomic mass is 9.93. The second-order valence-corrected chi connectivity index (χ2v) is 5.68. The fourth-order valence-electron chi connectivity index (χ4n) is 2.92. The molecule has 0 atom stereocenters. The van der Waals surface area contributed by atoms with Crippen LogP contribution in [-0.4, -0.2) is 14.5 Å². The molecular weight excluding hydrogens is 260 g/mol. The van der Waals surface area contributed by atoms with Crippen LogP contribution in [0, 0.1) is 27.7 Å². The van der Waals surface area contributed by atoms with Crippen molar-refractivity contribution in [3.63, 3.8) is 0 Å². The first kappa shape index (κ1) is 13.8. The van der Waals surface area contributed by atoms with E-state index in [1.165, 1.54) is 27.8 Å². The standard InChI is InChI=1S/C18H20N2O/c1-11-8-12(2)14(4)17(13(11)3)16-9-20-7-5-6-15(10-21)18(20)19-16/h5-9,21H,10H2,1-4H3. The Morgan fingerprint density at radius 1 is 1.10 bits per heavy atom. The van der Waals surface area contributed by atoms with Crippen molar-refractivity contribution in [2.45, 2.75) is 34.3 Å². The van der Waals surface area contributed by atoms with E-state index in [1.54, 1.807) is 0 Å². The van der Waals surface area contributed by atoms with Gasteiger partial charge in [-0.05, 0) is 56.0 Å². The average molecular weight is 280 g/mol. The highest BCUT2D eigenvalue weighted by molar-refractivity contribution is 5.72. The summed E-state index contributed by atoms with van der Waals surface area (Å²) in [5.41, 5.74) is 8.97. The number of pyridine rings is 1. The van der Waals surface area contributed by atoms with Crippen LogP contribution in [0.5, 0.6) is 0 Å². The van der Waals surface area contributed by atoms with Gasteiger partial charge in [0.05, 0.1) is 12.3 Å². The van der Waals surface area contributed by atoms with Crippen LogP contribution in [0.2, 0.25) is 0 Å². The molecule has 3 rings (SSSR count). The summed E-state index contributed by atoms with van der Waals surface area (Å²) in [6.45, 7) is 8.58. The number of benzene rings is 1. The van der Waals surface area contributed by atoms with E-state index in [9.17, 15) is 5.11 Å². The minimum absolute atomic E-state index is 0.00556. The Morgan fingerprint density at radius 3 is 2.38 bits per heavy atom. The summed E-state index contributed by atoms with van der Waals surface area (Å²) >= 11 is 0. The first-order valence-corrected chi connectivity index (χ1v) is 7.18. The van der Waals surface area contributed by atoms with Gasteiger partial charge in [-0.15, -0.1) is 0 Å². The molecule has 1 aromatic carbocycles. The highest BCUT2D eigenvalue weighted by atomic mass is 16.3. The first-order chi connectivity index (χ1) is 10.0. The van der Waals surface area contributed by atoms with Crippen LogP contribution in [0.15, 0.2) is 30.6 Å². The van der Waals surface area contributed by atoms with Gasteiger partial charge in [-0.3, -0.25) is 0 Å². The van der Waals surface area contributed by atoms with Gasteiger partial charge in [-0.1, -0.05) is 12.1 Å². The van der Waals surface area contributed by atoms with Crippen LogP contribution >= 0.6 is 0 Å². The molecule has 0 bridgehead atoms. The van der Waals surface area contributed by atoms with E-state index < -0.39 is 0 Å². The molecule has 0 radical (unpaired) electrons. The summed E-state index contributed by atoms with van der Waals surface area (Å²) in [5, 5.41) is 9.46. The Balaban J connectivity index is 2.31. The topological polar surface area (TPSA) is 37.5 Å². The number of aliphatic hydroxyl groups excluding tert-OH is 1. The minimum atomic E-state index is 0.00556. The van der Waals surface area contributed by atoms with Crippen molar-refractivity contribution in [3.8, 4) is 11.3 Å². The van der Waals surface area contributed by atoms with Crippen LogP contribution in [0.3, 0.4) is 0 Å². The average Bonchev–Trinajstić information content (AvgIpc) is 2.88. The monoisotopic (exact) mass is 280 g/mol. The zero-order valence-electron chi connectivity index (χ0n) is 12.9. The number of imidazole rings is 1. The molecule has 1 N–H and O–H groups in total. The van der Waals surface area contributed by atoms with E-state index in [2.05, 4.69) is 33.8 Å². The summed E-state index contributed by atoms with van der Waals surface area (Å²) in [6, 6.07) is 6.07. The van der Waals surface area contributed by atoms with Crippen molar-refractivity contribution in [2.24, 2.45) is 0 Å². The smallest absolute Gasteiger partial charge is 0.142 e.